The number of carbonyl (C=O) groups excluding carboxylic acids is 1. The maximum atomic E-state index is 12.7. The van der Waals surface area contributed by atoms with E-state index in [-0.39, 0.29) is 24.1 Å². The number of aromatic nitrogens is 2. The van der Waals surface area contributed by atoms with Gasteiger partial charge in [0.15, 0.2) is 0 Å². The summed E-state index contributed by atoms with van der Waals surface area (Å²) in [5.41, 5.74) is 3.55. The lowest BCUT2D eigenvalue weighted by molar-refractivity contribution is -0.384. The third-order valence-corrected chi connectivity index (χ3v) is 4.87. The van der Waals surface area contributed by atoms with Crippen molar-refractivity contribution in [3.05, 3.63) is 106 Å². The number of aromatic amines is 1. The summed E-state index contributed by atoms with van der Waals surface area (Å²) in [5, 5.41) is 13.9. The fourth-order valence-corrected chi connectivity index (χ4v) is 3.37. The smallest absolute Gasteiger partial charge is 0.269 e. The zero-order chi connectivity index (χ0) is 20.9. The predicted octanol–water partition coefficient (Wildman–Crippen LogP) is 4.11. The van der Waals surface area contributed by atoms with Gasteiger partial charge in [-0.15, -0.1) is 0 Å². The molecule has 0 radical (unpaired) electrons. The number of hydrogen-bond donors (Lipinski definition) is 2. The van der Waals surface area contributed by atoms with Crippen molar-refractivity contribution in [3.63, 3.8) is 0 Å². The molecule has 2 N–H and O–H groups in total. The fourth-order valence-electron chi connectivity index (χ4n) is 3.37. The first-order chi connectivity index (χ1) is 14.6. The van der Waals surface area contributed by atoms with E-state index in [9.17, 15) is 14.9 Å². The van der Waals surface area contributed by atoms with Crippen molar-refractivity contribution >= 4 is 22.6 Å². The van der Waals surface area contributed by atoms with E-state index >= 15 is 0 Å². The van der Waals surface area contributed by atoms with E-state index in [0.29, 0.717) is 17.8 Å². The third kappa shape index (κ3) is 4.52. The molecule has 3 aromatic carbocycles. The van der Waals surface area contributed by atoms with Gasteiger partial charge in [-0.1, -0.05) is 54.6 Å². The quantitative estimate of drug-likeness (QED) is 0.360. The summed E-state index contributed by atoms with van der Waals surface area (Å²) >= 11 is 0. The highest BCUT2D eigenvalue weighted by Crippen LogP contribution is 2.20. The van der Waals surface area contributed by atoms with Crippen LogP contribution in [-0.2, 0) is 17.6 Å². The van der Waals surface area contributed by atoms with E-state index in [1.165, 1.54) is 12.1 Å². The molecule has 30 heavy (non-hydrogen) atoms. The van der Waals surface area contributed by atoms with Gasteiger partial charge in [-0.3, -0.25) is 14.9 Å². The summed E-state index contributed by atoms with van der Waals surface area (Å²) in [4.78, 5) is 31.0. The first-order valence-electron chi connectivity index (χ1n) is 9.60. The minimum Gasteiger partial charge on any atom is -0.346 e. The molecule has 0 saturated heterocycles. The van der Waals surface area contributed by atoms with Crippen molar-refractivity contribution in [2.24, 2.45) is 0 Å². The van der Waals surface area contributed by atoms with Gasteiger partial charge < -0.3 is 10.3 Å². The summed E-state index contributed by atoms with van der Waals surface area (Å²) in [6.45, 7) is 0. The Hall–Kier alpha value is -4.00. The van der Waals surface area contributed by atoms with Crippen molar-refractivity contribution in [1.29, 1.82) is 0 Å². The maximum Gasteiger partial charge on any atom is 0.269 e. The number of H-pyrrole nitrogens is 1. The molecule has 7 heteroatoms. The van der Waals surface area contributed by atoms with Crippen molar-refractivity contribution in [1.82, 2.24) is 15.3 Å². The number of nitro groups is 1. The van der Waals surface area contributed by atoms with Gasteiger partial charge >= 0.3 is 0 Å². The van der Waals surface area contributed by atoms with Crippen molar-refractivity contribution in [3.8, 4) is 0 Å². The monoisotopic (exact) mass is 400 g/mol. The van der Waals surface area contributed by atoms with Crippen LogP contribution < -0.4 is 5.32 Å². The van der Waals surface area contributed by atoms with Gasteiger partial charge in [0.2, 0.25) is 5.91 Å². The van der Waals surface area contributed by atoms with E-state index < -0.39 is 4.92 Å². The number of non-ortho nitro benzene ring substituents is 1. The molecule has 7 nitrogen and oxygen atoms in total. The highest BCUT2D eigenvalue weighted by atomic mass is 16.6. The van der Waals surface area contributed by atoms with E-state index in [1.54, 1.807) is 12.1 Å². The first-order valence-corrected chi connectivity index (χ1v) is 9.60. The number of nitrogens with one attached hydrogen (secondary N) is 2. The molecule has 1 unspecified atom stereocenters. The second kappa shape index (κ2) is 8.57. The van der Waals surface area contributed by atoms with Crippen molar-refractivity contribution in [2.45, 2.75) is 18.9 Å². The van der Waals surface area contributed by atoms with Gasteiger partial charge in [-0.05, 0) is 29.7 Å². The SMILES string of the molecule is O=C(Cc1ccc([N+](=O)[O-])cc1)NC(Cc1ccccc1)c1nc2ccccc2[nH]1. The van der Waals surface area contributed by atoms with Crippen LogP contribution in [0.25, 0.3) is 11.0 Å². The van der Waals surface area contributed by atoms with E-state index in [0.717, 1.165) is 16.6 Å². The van der Waals surface area contributed by atoms with Crippen LogP contribution in [0, 0.1) is 10.1 Å². The Morgan fingerprint density at radius 2 is 1.67 bits per heavy atom. The Morgan fingerprint density at radius 1 is 0.967 bits per heavy atom. The minimum atomic E-state index is -0.457. The average Bonchev–Trinajstić information content (AvgIpc) is 3.19. The number of para-hydroxylation sites is 2. The number of nitrogens with zero attached hydrogens (tertiary/aromatic N) is 2. The molecule has 1 aromatic heterocycles. The molecule has 0 fully saturated rings. The van der Waals surface area contributed by atoms with Crippen LogP contribution in [0.5, 0.6) is 0 Å². The second-order valence-electron chi connectivity index (χ2n) is 7.05. The van der Waals surface area contributed by atoms with Crippen LogP contribution in [0.3, 0.4) is 0 Å². The Balaban J connectivity index is 1.54. The topological polar surface area (TPSA) is 101 Å². The van der Waals surface area contributed by atoms with Crippen LogP contribution in [0.4, 0.5) is 5.69 Å². The minimum absolute atomic E-state index is 0.00314. The second-order valence-corrected chi connectivity index (χ2v) is 7.05. The fraction of sp³-hybridized carbons (Fsp3) is 0.130. The summed E-state index contributed by atoms with van der Waals surface area (Å²) in [6.07, 6.45) is 0.718. The molecule has 0 aliphatic carbocycles. The molecule has 0 spiro atoms. The Labute approximate surface area is 172 Å². The molecule has 0 aliphatic heterocycles. The summed E-state index contributed by atoms with van der Waals surface area (Å²) in [7, 11) is 0. The highest BCUT2D eigenvalue weighted by Gasteiger charge is 2.19. The number of benzene rings is 3. The van der Waals surface area contributed by atoms with E-state index in [4.69, 9.17) is 0 Å². The molecule has 4 rings (SSSR count). The first kappa shape index (κ1) is 19.3. The zero-order valence-corrected chi connectivity index (χ0v) is 16.1. The highest BCUT2D eigenvalue weighted by molar-refractivity contribution is 5.79. The van der Waals surface area contributed by atoms with E-state index in [1.807, 2.05) is 54.6 Å². The number of carbonyl (C=O) groups is 1. The van der Waals surface area contributed by atoms with Crippen molar-refractivity contribution in [2.75, 3.05) is 0 Å². The number of hydrogen-bond acceptors (Lipinski definition) is 4. The number of fused-ring (bicyclic) bond motifs is 1. The molecule has 1 heterocycles. The molecule has 0 aliphatic rings. The van der Waals surface area contributed by atoms with Gasteiger partial charge in [-0.2, -0.15) is 0 Å². The van der Waals surface area contributed by atoms with Gasteiger partial charge in [0.25, 0.3) is 5.69 Å². The zero-order valence-electron chi connectivity index (χ0n) is 16.1. The number of nitro benzene ring substituents is 1. The number of imidazole rings is 1. The maximum absolute atomic E-state index is 12.7. The molecule has 4 aromatic rings. The summed E-state index contributed by atoms with van der Waals surface area (Å²) in [5.74, 6) is 0.516. The van der Waals surface area contributed by atoms with Crippen molar-refractivity contribution < 1.29 is 9.72 Å². The van der Waals surface area contributed by atoms with Gasteiger partial charge in [-0.25, -0.2) is 4.98 Å². The summed E-state index contributed by atoms with van der Waals surface area (Å²) < 4.78 is 0. The molecule has 0 saturated carbocycles. The summed E-state index contributed by atoms with van der Waals surface area (Å²) in [6, 6.07) is 23.3. The lowest BCUT2D eigenvalue weighted by Crippen LogP contribution is -2.32. The Kier molecular flexibility index (Phi) is 5.52. The Morgan fingerprint density at radius 3 is 2.37 bits per heavy atom. The predicted molar refractivity (Wildman–Crippen MR) is 114 cm³/mol. The van der Waals surface area contributed by atoms with Crippen LogP contribution >= 0.6 is 0 Å². The molecular formula is C23H20N4O3. The number of rotatable bonds is 7. The van der Waals surface area contributed by atoms with Crippen LogP contribution in [0.15, 0.2) is 78.9 Å². The normalized spacial score (nSPS) is 11.9. The standard InChI is InChI=1S/C23H20N4O3/c28-22(15-17-10-12-18(13-11-17)27(29)30)24-21(14-16-6-2-1-3-7-16)23-25-19-8-4-5-9-20(19)26-23/h1-13,21H,14-15H2,(H,24,28)(H,25,26). The lowest BCUT2D eigenvalue weighted by Gasteiger charge is -2.17. The van der Waals surface area contributed by atoms with Gasteiger partial charge in [0, 0.05) is 12.1 Å². The molecular weight excluding hydrogens is 380 g/mol. The van der Waals surface area contributed by atoms with Crippen LogP contribution in [0.2, 0.25) is 0 Å². The molecule has 1 atom stereocenters. The van der Waals surface area contributed by atoms with Gasteiger partial charge in [0.05, 0.1) is 28.4 Å². The molecule has 1 amide bonds. The van der Waals surface area contributed by atoms with Crippen LogP contribution in [0.1, 0.15) is 23.0 Å². The number of amides is 1. The van der Waals surface area contributed by atoms with Gasteiger partial charge in [0.1, 0.15) is 5.82 Å². The lowest BCUT2D eigenvalue weighted by atomic mass is 10.0. The Bertz CT molecular complexity index is 1140. The van der Waals surface area contributed by atoms with E-state index in [2.05, 4.69) is 15.3 Å². The molecule has 150 valence electrons. The average molecular weight is 400 g/mol. The van der Waals surface area contributed by atoms with Crippen LogP contribution in [-0.4, -0.2) is 20.8 Å². The molecule has 0 bridgehead atoms. The largest absolute Gasteiger partial charge is 0.346 e. The third-order valence-electron chi connectivity index (χ3n) is 4.87.